The van der Waals surface area contributed by atoms with Crippen LogP contribution in [-0.4, -0.2) is 38.4 Å². The van der Waals surface area contributed by atoms with E-state index in [4.69, 9.17) is 21.1 Å². The second kappa shape index (κ2) is 6.97. The smallest absolute Gasteiger partial charge is 0.189 e. The Balaban J connectivity index is 1.73. The molecule has 1 unspecified atom stereocenters. The summed E-state index contributed by atoms with van der Waals surface area (Å²) in [6, 6.07) is 3.98. The van der Waals surface area contributed by atoms with Gasteiger partial charge in [0.1, 0.15) is 5.75 Å². The van der Waals surface area contributed by atoms with Crippen molar-refractivity contribution in [3.8, 4) is 5.75 Å². The number of halogens is 1. The van der Waals surface area contributed by atoms with Gasteiger partial charge in [-0.2, -0.15) is 0 Å². The van der Waals surface area contributed by atoms with Gasteiger partial charge in [-0.15, -0.1) is 0 Å². The Kier molecular flexibility index (Phi) is 5.01. The summed E-state index contributed by atoms with van der Waals surface area (Å²) >= 11 is 6.24. The standard InChI is InChI=1S/C16H23ClN2O2/c1-18-7-12-3-2-4-19(8-12)9-13-5-15(17)6-14-10-20-11-21-16(13)14/h5-6,12,18H,2-4,7-11H2,1H3. The van der Waals surface area contributed by atoms with E-state index < -0.39 is 0 Å². The normalized spacial score (nSPS) is 22.7. The molecular formula is C16H23ClN2O2. The van der Waals surface area contributed by atoms with Gasteiger partial charge in [-0.25, -0.2) is 0 Å². The first kappa shape index (κ1) is 15.1. The fourth-order valence-electron chi connectivity index (χ4n) is 3.37. The average molecular weight is 311 g/mol. The van der Waals surface area contributed by atoms with Crippen LogP contribution < -0.4 is 10.1 Å². The van der Waals surface area contributed by atoms with E-state index in [-0.39, 0.29) is 0 Å². The summed E-state index contributed by atoms with van der Waals surface area (Å²) in [4.78, 5) is 2.51. The topological polar surface area (TPSA) is 33.7 Å². The second-order valence-corrected chi connectivity index (χ2v) is 6.40. The van der Waals surface area contributed by atoms with Gasteiger partial charge in [0.25, 0.3) is 0 Å². The third-order valence-electron chi connectivity index (χ3n) is 4.24. The van der Waals surface area contributed by atoms with E-state index in [1.165, 1.54) is 18.4 Å². The zero-order valence-electron chi connectivity index (χ0n) is 12.5. The predicted molar refractivity (Wildman–Crippen MR) is 83.7 cm³/mol. The molecule has 5 heteroatoms. The highest BCUT2D eigenvalue weighted by atomic mass is 35.5. The third-order valence-corrected chi connectivity index (χ3v) is 4.46. The molecule has 1 fully saturated rings. The fraction of sp³-hybridized carbons (Fsp3) is 0.625. The molecular weight excluding hydrogens is 288 g/mol. The zero-order chi connectivity index (χ0) is 14.7. The molecule has 0 aliphatic carbocycles. The molecule has 1 aromatic rings. The maximum atomic E-state index is 6.24. The van der Waals surface area contributed by atoms with Crippen molar-refractivity contribution in [2.45, 2.75) is 26.0 Å². The Hall–Kier alpha value is -0.810. The molecule has 0 spiro atoms. The Morgan fingerprint density at radius 1 is 1.43 bits per heavy atom. The lowest BCUT2D eigenvalue weighted by atomic mass is 9.97. The number of fused-ring (bicyclic) bond motifs is 1. The minimum absolute atomic E-state index is 0.337. The van der Waals surface area contributed by atoms with Crippen molar-refractivity contribution >= 4 is 11.6 Å². The van der Waals surface area contributed by atoms with Crippen LogP contribution in [-0.2, 0) is 17.9 Å². The van der Waals surface area contributed by atoms with Crippen LogP contribution in [0.2, 0.25) is 5.02 Å². The van der Waals surface area contributed by atoms with Crippen molar-refractivity contribution in [2.75, 3.05) is 33.5 Å². The van der Waals surface area contributed by atoms with Gasteiger partial charge in [0, 0.05) is 29.2 Å². The van der Waals surface area contributed by atoms with Crippen molar-refractivity contribution in [3.63, 3.8) is 0 Å². The first-order valence-corrected chi connectivity index (χ1v) is 8.03. The van der Waals surface area contributed by atoms with Crippen LogP contribution in [0.4, 0.5) is 0 Å². The number of benzene rings is 1. The van der Waals surface area contributed by atoms with E-state index in [0.29, 0.717) is 13.4 Å². The van der Waals surface area contributed by atoms with Gasteiger partial charge in [0.05, 0.1) is 6.61 Å². The summed E-state index contributed by atoms with van der Waals surface area (Å²) < 4.78 is 11.0. The van der Waals surface area contributed by atoms with Crippen molar-refractivity contribution in [1.29, 1.82) is 0 Å². The first-order valence-electron chi connectivity index (χ1n) is 7.65. The van der Waals surface area contributed by atoms with Crippen LogP contribution in [0.1, 0.15) is 24.0 Å². The van der Waals surface area contributed by atoms with Crippen LogP contribution >= 0.6 is 11.6 Å². The molecule has 1 saturated heterocycles. The van der Waals surface area contributed by atoms with E-state index in [2.05, 4.69) is 10.2 Å². The van der Waals surface area contributed by atoms with E-state index in [0.717, 1.165) is 48.4 Å². The average Bonchev–Trinajstić information content (AvgIpc) is 2.48. The van der Waals surface area contributed by atoms with Gasteiger partial charge in [-0.3, -0.25) is 4.90 Å². The molecule has 4 nitrogen and oxygen atoms in total. The van der Waals surface area contributed by atoms with E-state index in [1.807, 2.05) is 19.2 Å². The summed E-state index contributed by atoms with van der Waals surface area (Å²) in [5.41, 5.74) is 2.25. The molecule has 0 radical (unpaired) electrons. The van der Waals surface area contributed by atoms with E-state index >= 15 is 0 Å². The predicted octanol–water partition coefficient (Wildman–Crippen LogP) is 2.64. The molecule has 116 valence electrons. The summed E-state index contributed by atoms with van der Waals surface area (Å²) in [7, 11) is 2.03. The molecule has 0 amide bonds. The summed E-state index contributed by atoms with van der Waals surface area (Å²) in [6.07, 6.45) is 2.58. The highest BCUT2D eigenvalue weighted by Gasteiger charge is 2.22. The highest BCUT2D eigenvalue weighted by molar-refractivity contribution is 6.30. The molecule has 2 aliphatic rings. The van der Waals surface area contributed by atoms with Crippen LogP contribution in [0.5, 0.6) is 5.75 Å². The summed E-state index contributed by atoms with van der Waals surface area (Å²) in [6.45, 7) is 5.21. The molecule has 1 N–H and O–H groups in total. The number of likely N-dealkylation sites (tertiary alicyclic amines) is 1. The van der Waals surface area contributed by atoms with Gasteiger partial charge in [0.2, 0.25) is 0 Å². The minimum Gasteiger partial charge on any atom is -0.467 e. The first-order chi connectivity index (χ1) is 10.3. The Morgan fingerprint density at radius 2 is 2.33 bits per heavy atom. The van der Waals surface area contributed by atoms with Gasteiger partial charge in [-0.05, 0) is 51.0 Å². The molecule has 21 heavy (non-hydrogen) atoms. The SMILES string of the molecule is CNCC1CCCN(Cc2cc(Cl)cc3c2OCOC3)C1. The minimum atomic E-state index is 0.337. The lowest BCUT2D eigenvalue weighted by Crippen LogP contribution is -2.38. The van der Waals surface area contributed by atoms with E-state index in [1.54, 1.807) is 0 Å². The maximum absolute atomic E-state index is 6.24. The van der Waals surface area contributed by atoms with Crippen LogP contribution in [0, 0.1) is 5.92 Å². The number of nitrogens with one attached hydrogen (secondary N) is 1. The molecule has 0 aromatic heterocycles. The molecule has 2 heterocycles. The lowest BCUT2D eigenvalue weighted by molar-refractivity contribution is -0.0176. The Labute approximate surface area is 131 Å². The fourth-order valence-corrected chi connectivity index (χ4v) is 3.63. The number of piperidine rings is 1. The lowest BCUT2D eigenvalue weighted by Gasteiger charge is -2.33. The second-order valence-electron chi connectivity index (χ2n) is 5.96. The van der Waals surface area contributed by atoms with Crippen molar-refractivity contribution in [1.82, 2.24) is 10.2 Å². The third kappa shape index (κ3) is 3.69. The van der Waals surface area contributed by atoms with Crippen molar-refractivity contribution in [3.05, 3.63) is 28.3 Å². The van der Waals surface area contributed by atoms with Crippen molar-refractivity contribution in [2.24, 2.45) is 5.92 Å². The number of rotatable bonds is 4. The Morgan fingerprint density at radius 3 is 3.19 bits per heavy atom. The highest BCUT2D eigenvalue weighted by Crippen LogP contribution is 2.33. The van der Waals surface area contributed by atoms with Gasteiger partial charge < -0.3 is 14.8 Å². The summed E-state index contributed by atoms with van der Waals surface area (Å²) in [5.74, 6) is 1.71. The summed E-state index contributed by atoms with van der Waals surface area (Å²) in [5, 5.41) is 4.06. The maximum Gasteiger partial charge on any atom is 0.189 e. The quantitative estimate of drug-likeness (QED) is 0.927. The van der Waals surface area contributed by atoms with Crippen LogP contribution in [0.15, 0.2) is 12.1 Å². The Bertz CT molecular complexity index is 493. The number of hydrogen-bond donors (Lipinski definition) is 1. The van der Waals surface area contributed by atoms with Gasteiger partial charge in [0.15, 0.2) is 6.79 Å². The van der Waals surface area contributed by atoms with Crippen LogP contribution in [0.3, 0.4) is 0 Å². The van der Waals surface area contributed by atoms with Gasteiger partial charge in [-0.1, -0.05) is 11.6 Å². The number of nitrogens with zero attached hydrogens (tertiary/aromatic N) is 1. The molecule has 1 atom stereocenters. The van der Waals surface area contributed by atoms with E-state index in [9.17, 15) is 0 Å². The molecule has 0 bridgehead atoms. The van der Waals surface area contributed by atoms with Gasteiger partial charge >= 0.3 is 0 Å². The number of hydrogen-bond acceptors (Lipinski definition) is 4. The molecule has 1 aromatic carbocycles. The van der Waals surface area contributed by atoms with Crippen LogP contribution in [0.25, 0.3) is 0 Å². The zero-order valence-corrected chi connectivity index (χ0v) is 13.3. The molecule has 2 aliphatic heterocycles. The molecule has 3 rings (SSSR count). The van der Waals surface area contributed by atoms with Crippen molar-refractivity contribution < 1.29 is 9.47 Å². The monoisotopic (exact) mass is 310 g/mol. The number of ether oxygens (including phenoxy) is 2. The molecule has 0 saturated carbocycles. The largest absolute Gasteiger partial charge is 0.467 e.